The smallest absolute Gasteiger partial charge is 0.242 e. The highest BCUT2D eigenvalue weighted by atomic mass is 35.5. The summed E-state index contributed by atoms with van der Waals surface area (Å²) in [4.78, 5) is 11.6. The van der Waals surface area contributed by atoms with Crippen LogP contribution in [0.15, 0.2) is 18.2 Å². The summed E-state index contributed by atoms with van der Waals surface area (Å²) in [6.07, 6.45) is 0. The molecule has 18 heavy (non-hydrogen) atoms. The van der Waals surface area contributed by atoms with E-state index in [2.05, 4.69) is 10.6 Å². The molecule has 0 radical (unpaired) electrons. The highest BCUT2D eigenvalue weighted by Crippen LogP contribution is 2.19. The maximum absolute atomic E-state index is 13.2. The molecule has 0 heterocycles. The number of hydrogen-bond donors (Lipinski definition) is 2. The molecule has 1 rings (SSSR count). The van der Waals surface area contributed by atoms with Crippen molar-refractivity contribution in [1.29, 1.82) is 0 Å². The zero-order chi connectivity index (χ0) is 13.5. The quantitative estimate of drug-likeness (QED) is 0.781. The van der Waals surface area contributed by atoms with Crippen LogP contribution in [0.25, 0.3) is 0 Å². The second-order valence-electron chi connectivity index (χ2n) is 3.78. The second-order valence-corrected chi connectivity index (χ2v) is 4.19. The van der Waals surface area contributed by atoms with Crippen LogP contribution in [0.1, 0.15) is 6.92 Å². The number of ether oxygens (including phenoxy) is 1. The van der Waals surface area contributed by atoms with Crippen molar-refractivity contribution in [2.24, 2.45) is 0 Å². The third-order valence-electron chi connectivity index (χ3n) is 2.30. The van der Waals surface area contributed by atoms with Crippen LogP contribution in [0.4, 0.5) is 10.1 Å². The fourth-order valence-corrected chi connectivity index (χ4v) is 1.45. The number of halogens is 2. The SMILES string of the molecule is COCCNC(=O)C(C)Nc1ccc(Cl)c(F)c1. The lowest BCUT2D eigenvalue weighted by Crippen LogP contribution is -2.39. The van der Waals surface area contributed by atoms with E-state index in [1.807, 2.05) is 0 Å². The van der Waals surface area contributed by atoms with E-state index >= 15 is 0 Å². The van der Waals surface area contributed by atoms with E-state index in [4.69, 9.17) is 16.3 Å². The topological polar surface area (TPSA) is 50.4 Å². The Kier molecular flexibility index (Phi) is 5.88. The average molecular weight is 275 g/mol. The predicted molar refractivity (Wildman–Crippen MR) is 69.4 cm³/mol. The average Bonchev–Trinajstić information content (AvgIpc) is 2.34. The number of methoxy groups -OCH3 is 1. The van der Waals surface area contributed by atoms with Crippen molar-refractivity contribution in [2.45, 2.75) is 13.0 Å². The Morgan fingerprint density at radius 1 is 1.56 bits per heavy atom. The summed E-state index contributed by atoms with van der Waals surface area (Å²) in [5.74, 6) is -0.698. The molecular formula is C12H16ClFN2O2. The Morgan fingerprint density at radius 3 is 2.89 bits per heavy atom. The van der Waals surface area contributed by atoms with Gasteiger partial charge in [0.05, 0.1) is 11.6 Å². The Labute approximate surface area is 110 Å². The molecule has 0 fully saturated rings. The summed E-state index contributed by atoms with van der Waals surface area (Å²) in [5, 5.41) is 5.62. The standard InChI is InChI=1S/C12H16ClFN2O2/c1-8(12(17)15-5-6-18-2)16-9-3-4-10(13)11(14)7-9/h3-4,7-8,16H,5-6H2,1-2H3,(H,15,17). The monoisotopic (exact) mass is 274 g/mol. The van der Waals surface area contributed by atoms with Gasteiger partial charge in [0.2, 0.25) is 5.91 Å². The number of amides is 1. The first-order valence-corrected chi connectivity index (χ1v) is 5.90. The van der Waals surface area contributed by atoms with Gasteiger partial charge in [0.1, 0.15) is 11.9 Å². The minimum atomic E-state index is -0.520. The molecule has 1 aromatic carbocycles. The molecule has 4 nitrogen and oxygen atoms in total. The maximum Gasteiger partial charge on any atom is 0.242 e. The zero-order valence-corrected chi connectivity index (χ0v) is 11.1. The van der Waals surface area contributed by atoms with Crippen LogP contribution in [0.3, 0.4) is 0 Å². The van der Waals surface area contributed by atoms with Crippen LogP contribution in [0.5, 0.6) is 0 Å². The number of anilines is 1. The molecule has 0 bridgehead atoms. The molecular weight excluding hydrogens is 259 g/mol. The van der Waals surface area contributed by atoms with Gasteiger partial charge in [-0.2, -0.15) is 0 Å². The molecule has 1 amide bonds. The van der Waals surface area contributed by atoms with Gasteiger partial charge >= 0.3 is 0 Å². The van der Waals surface area contributed by atoms with Crippen LogP contribution in [-0.4, -0.2) is 32.2 Å². The van der Waals surface area contributed by atoms with E-state index in [-0.39, 0.29) is 10.9 Å². The molecule has 1 aromatic rings. The van der Waals surface area contributed by atoms with Crippen molar-refractivity contribution >= 4 is 23.2 Å². The molecule has 2 N–H and O–H groups in total. The van der Waals surface area contributed by atoms with Crippen molar-refractivity contribution in [3.63, 3.8) is 0 Å². The van der Waals surface area contributed by atoms with Crippen molar-refractivity contribution in [3.05, 3.63) is 29.0 Å². The molecule has 100 valence electrons. The van der Waals surface area contributed by atoms with Crippen molar-refractivity contribution < 1.29 is 13.9 Å². The van der Waals surface area contributed by atoms with E-state index in [9.17, 15) is 9.18 Å². The summed E-state index contributed by atoms with van der Waals surface area (Å²) < 4.78 is 18.0. The third-order valence-corrected chi connectivity index (χ3v) is 2.61. The summed E-state index contributed by atoms with van der Waals surface area (Å²) >= 11 is 5.57. The Hall–Kier alpha value is -1.33. The second kappa shape index (κ2) is 7.18. The van der Waals surface area contributed by atoms with E-state index < -0.39 is 11.9 Å². The highest BCUT2D eigenvalue weighted by molar-refractivity contribution is 6.30. The summed E-state index contributed by atoms with van der Waals surface area (Å²) in [7, 11) is 1.56. The Morgan fingerprint density at radius 2 is 2.28 bits per heavy atom. The first-order chi connectivity index (χ1) is 8.54. The molecule has 0 aliphatic heterocycles. The fourth-order valence-electron chi connectivity index (χ4n) is 1.33. The lowest BCUT2D eigenvalue weighted by molar-refractivity contribution is -0.121. The molecule has 6 heteroatoms. The first kappa shape index (κ1) is 14.7. The number of benzene rings is 1. The van der Waals surface area contributed by atoms with Gasteiger partial charge in [-0.1, -0.05) is 11.6 Å². The van der Waals surface area contributed by atoms with Crippen LogP contribution in [0, 0.1) is 5.82 Å². The molecule has 1 atom stereocenters. The van der Waals surface area contributed by atoms with Crippen LogP contribution in [-0.2, 0) is 9.53 Å². The van der Waals surface area contributed by atoms with E-state index in [0.29, 0.717) is 18.8 Å². The molecule has 0 saturated heterocycles. The van der Waals surface area contributed by atoms with E-state index in [1.165, 1.54) is 12.1 Å². The molecule has 0 aromatic heterocycles. The van der Waals surface area contributed by atoms with Gasteiger partial charge in [0, 0.05) is 19.3 Å². The summed E-state index contributed by atoms with van der Waals surface area (Å²) in [5.41, 5.74) is 0.506. The van der Waals surface area contributed by atoms with Gasteiger partial charge in [0.15, 0.2) is 0 Å². The molecule has 0 saturated carbocycles. The summed E-state index contributed by atoms with van der Waals surface area (Å²) in [6, 6.07) is 3.84. The summed E-state index contributed by atoms with van der Waals surface area (Å²) in [6.45, 7) is 2.58. The number of carbonyl (C=O) groups is 1. The van der Waals surface area contributed by atoms with Gasteiger partial charge < -0.3 is 15.4 Å². The number of hydrogen-bond acceptors (Lipinski definition) is 3. The Balaban J connectivity index is 2.50. The van der Waals surface area contributed by atoms with Gasteiger partial charge in [-0.05, 0) is 25.1 Å². The van der Waals surface area contributed by atoms with Gasteiger partial charge in [-0.3, -0.25) is 4.79 Å². The number of rotatable bonds is 6. The largest absolute Gasteiger partial charge is 0.383 e. The van der Waals surface area contributed by atoms with Crippen molar-refractivity contribution in [1.82, 2.24) is 5.32 Å². The zero-order valence-electron chi connectivity index (χ0n) is 10.3. The Bertz CT molecular complexity index is 415. The first-order valence-electron chi connectivity index (χ1n) is 5.53. The minimum Gasteiger partial charge on any atom is -0.383 e. The normalized spacial score (nSPS) is 12.0. The van der Waals surface area contributed by atoms with Crippen molar-refractivity contribution in [3.8, 4) is 0 Å². The molecule has 0 spiro atoms. The third kappa shape index (κ3) is 4.50. The molecule has 1 unspecified atom stereocenters. The maximum atomic E-state index is 13.2. The lowest BCUT2D eigenvalue weighted by Gasteiger charge is -2.15. The highest BCUT2D eigenvalue weighted by Gasteiger charge is 2.12. The predicted octanol–water partition coefficient (Wildman–Crippen LogP) is 2.04. The van der Waals surface area contributed by atoms with Crippen molar-refractivity contribution in [2.75, 3.05) is 25.6 Å². The van der Waals surface area contributed by atoms with E-state index in [0.717, 1.165) is 0 Å². The van der Waals surface area contributed by atoms with Crippen LogP contribution >= 0.6 is 11.6 Å². The van der Waals surface area contributed by atoms with Crippen LogP contribution < -0.4 is 10.6 Å². The van der Waals surface area contributed by atoms with Gasteiger partial charge in [-0.25, -0.2) is 4.39 Å². The fraction of sp³-hybridized carbons (Fsp3) is 0.417. The number of carbonyl (C=O) groups excluding carboxylic acids is 1. The van der Waals surface area contributed by atoms with E-state index in [1.54, 1.807) is 20.1 Å². The number of nitrogens with one attached hydrogen (secondary N) is 2. The lowest BCUT2D eigenvalue weighted by atomic mass is 10.2. The van der Waals surface area contributed by atoms with Gasteiger partial charge in [-0.15, -0.1) is 0 Å². The minimum absolute atomic E-state index is 0.0535. The van der Waals surface area contributed by atoms with Crippen LogP contribution in [0.2, 0.25) is 5.02 Å². The molecule has 0 aliphatic rings. The molecule has 0 aliphatic carbocycles. The van der Waals surface area contributed by atoms with Gasteiger partial charge in [0.25, 0.3) is 0 Å².